The quantitative estimate of drug-likeness (QED) is 0.344. The van der Waals surface area contributed by atoms with Crippen LogP contribution in [0.5, 0.6) is 5.75 Å². The molecule has 36 heavy (non-hydrogen) atoms. The summed E-state index contributed by atoms with van der Waals surface area (Å²) in [6, 6.07) is 24.1. The third-order valence-corrected chi connectivity index (χ3v) is 6.12. The van der Waals surface area contributed by atoms with E-state index in [9.17, 15) is 14.7 Å². The van der Waals surface area contributed by atoms with Gasteiger partial charge in [-0.3, -0.25) is 9.59 Å². The Morgan fingerprint density at radius 1 is 0.889 bits per heavy atom. The Balaban J connectivity index is 0.00000456. The van der Waals surface area contributed by atoms with Crippen LogP contribution in [0.1, 0.15) is 41.5 Å². The van der Waals surface area contributed by atoms with Crippen molar-refractivity contribution in [2.45, 2.75) is 30.8 Å². The summed E-state index contributed by atoms with van der Waals surface area (Å²) in [6.07, 6.45) is 0.792. The summed E-state index contributed by atoms with van der Waals surface area (Å²) in [5.74, 6) is -1.01. The van der Waals surface area contributed by atoms with Gasteiger partial charge < -0.3 is 26.2 Å². The van der Waals surface area contributed by atoms with Crippen molar-refractivity contribution in [3.05, 3.63) is 102 Å². The van der Waals surface area contributed by atoms with Crippen molar-refractivity contribution in [1.29, 1.82) is 0 Å². The molecule has 0 spiro atoms. The first-order chi connectivity index (χ1) is 17.0. The van der Waals surface area contributed by atoms with E-state index in [-0.39, 0.29) is 24.9 Å². The molecule has 5 N–H and O–H groups in total. The highest BCUT2D eigenvalue weighted by Crippen LogP contribution is 2.34. The first-order valence-corrected chi connectivity index (χ1v) is 11.7. The van der Waals surface area contributed by atoms with Gasteiger partial charge in [0.15, 0.2) is 0 Å². The number of hydrogen-bond donors (Lipinski definition) is 3. The lowest BCUT2D eigenvalue weighted by atomic mass is 9.88. The number of aliphatic hydroxyl groups excluding tert-OH is 1. The molecule has 7 nitrogen and oxygen atoms in total. The van der Waals surface area contributed by atoms with Gasteiger partial charge in [-0.2, -0.15) is 0 Å². The Labute approximate surface area is 218 Å². The number of carbonyl (C=O) groups excluding carboxylic acids is 2. The Bertz CT molecular complexity index is 1040. The highest BCUT2D eigenvalue weighted by Gasteiger charge is 2.38. The van der Waals surface area contributed by atoms with Crippen molar-refractivity contribution in [2.75, 3.05) is 20.3 Å². The van der Waals surface area contributed by atoms with Gasteiger partial charge in [-0.1, -0.05) is 72.8 Å². The zero-order chi connectivity index (χ0) is 25.2. The van der Waals surface area contributed by atoms with Crippen LogP contribution in [-0.4, -0.2) is 48.1 Å². The first kappa shape index (κ1) is 28.8. The van der Waals surface area contributed by atoms with E-state index in [1.54, 1.807) is 31.4 Å². The molecule has 2 amide bonds. The molecule has 0 aromatic heterocycles. The van der Waals surface area contributed by atoms with Gasteiger partial charge in [-0.25, -0.2) is 0 Å². The molecule has 3 aromatic carbocycles. The largest absolute Gasteiger partial charge is 0.497 e. The summed E-state index contributed by atoms with van der Waals surface area (Å²) < 4.78 is 5.25. The van der Waals surface area contributed by atoms with Crippen molar-refractivity contribution in [3.8, 4) is 5.75 Å². The molecule has 0 fully saturated rings. The maximum atomic E-state index is 14.4. The average Bonchev–Trinajstić information content (AvgIpc) is 2.89. The monoisotopic (exact) mass is 511 g/mol. The number of methoxy groups -OCH3 is 1. The fourth-order valence-electron chi connectivity index (χ4n) is 4.35. The van der Waals surface area contributed by atoms with Gasteiger partial charge in [0.2, 0.25) is 11.8 Å². The minimum Gasteiger partial charge on any atom is -0.497 e. The SMILES string of the molecule is COc1ccc([C@H](CO)N(C(=O)C(c2ccccc2)c2ccccc2)[C@H](CCCN)C(N)=O)cc1.Cl. The molecule has 0 heterocycles. The Kier molecular flexibility index (Phi) is 11.4. The maximum Gasteiger partial charge on any atom is 0.240 e. The summed E-state index contributed by atoms with van der Waals surface area (Å²) in [4.78, 5) is 28.5. The third-order valence-electron chi connectivity index (χ3n) is 6.12. The van der Waals surface area contributed by atoms with Crippen molar-refractivity contribution < 1.29 is 19.4 Å². The molecule has 0 saturated carbocycles. The highest BCUT2D eigenvalue weighted by atomic mass is 35.5. The summed E-state index contributed by atoms with van der Waals surface area (Å²) >= 11 is 0. The molecule has 3 aromatic rings. The smallest absolute Gasteiger partial charge is 0.240 e. The van der Waals surface area contributed by atoms with Crippen LogP contribution in [-0.2, 0) is 9.59 Å². The second kappa shape index (κ2) is 14.2. The van der Waals surface area contributed by atoms with Crippen LogP contribution < -0.4 is 16.2 Å². The second-order valence-corrected chi connectivity index (χ2v) is 8.32. The first-order valence-electron chi connectivity index (χ1n) is 11.7. The maximum absolute atomic E-state index is 14.4. The number of nitrogens with zero attached hydrogens (tertiary/aromatic N) is 1. The van der Waals surface area contributed by atoms with Gasteiger partial charge >= 0.3 is 0 Å². The zero-order valence-electron chi connectivity index (χ0n) is 20.3. The number of amides is 2. The zero-order valence-corrected chi connectivity index (χ0v) is 21.1. The van der Waals surface area contributed by atoms with E-state index in [1.807, 2.05) is 60.7 Å². The molecule has 0 bridgehead atoms. The van der Waals surface area contributed by atoms with E-state index in [2.05, 4.69) is 0 Å². The Morgan fingerprint density at radius 3 is 1.83 bits per heavy atom. The van der Waals surface area contributed by atoms with Gasteiger partial charge in [0.25, 0.3) is 0 Å². The van der Waals surface area contributed by atoms with Gasteiger partial charge in [-0.15, -0.1) is 12.4 Å². The van der Waals surface area contributed by atoms with Gasteiger partial charge in [0, 0.05) is 0 Å². The number of carbonyl (C=O) groups is 2. The lowest BCUT2D eigenvalue weighted by Crippen LogP contribution is -2.52. The molecule has 0 aliphatic carbocycles. The van der Waals surface area contributed by atoms with Crippen molar-refractivity contribution in [3.63, 3.8) is 0 Å². The lowest BCUT2D eigenvalue weighted by Gasteiger charge is -2.39. The molecular weight excluding hydrogens is 478 g/mol. The van der Waals surface area contributed by atoms with Crippen LogP contribution in [0.4, 0.5) is 0 Å². The molecule has 192 valence electrons. The van der Waals surface area contributed by atoms with Crippen LogP contribution in [0.2, 0.25) is 0 Å². The van der Waals surface area contributed by atoms with Crippen molar-refractivity contribution >= 4 is 24.2 Å². The molecule has 3 rings (SSSR count). The normalized spacial score (nSPS) is 12.3. The number of halogens is 1. The van der Waals surface area contributed by atoms with Gasteiger partial charge in [0.1, 0.15) is 11.8 Å². The summed E-state index contributed by atoms with van der Waals surface area (Å²) in [7, 11) is 1.56. The van der Waals surface area contributed by atoms with E-state index >= 15 is 0 Å². The molecule has 2 atom stereocenters. The molecule has 0 saturated heterocycles. The minimum atomic E-state index is -0.944. The number of benzene rings is 3. The average molecular weight is 512 g/mol. The van der Waals surface area contributed by atoms with Crippen molar-refractivity contribution in [2.24, 2.45) is 11.5 Å². The van der Waals surface area contributed by atoms with Gasteiger partial charge in [-0.05, 0) is 48.2 Å². The van der Waals surface area contributed by atoms with Gasteiger partial charge in [0.05, 0.1) is 25.7 Å². The number of primary amides is 1. The molecule has 0 unspecified atom stereocenters. The third kappa shape index (κ3) is 6.85. The standard InChI is InChI=1S/C28H33N3O4.ClH/c1-35-23-16-14-20(15-17-23)25(19-32)31(24(27(30)33)13-8-18-29)28(34)26(21-9-4-2-5-10-21)22-11-6-3-7-12-22;/h2-7,9-12,14-17,24-26,32H,8,13,18-19,29H2,1H3,(H2,30,33);1H/t24-,25+;/m1./s1. The van der Waals surface area contributed by atoms with E-state index in [1.165, 1.54) is 4.90 Å². The fourth-order valence-corrected chi connectivity index (χ4v) is 4.35. The number of nitrogens with two attached hydrogens (primary N) is 2. The highest BCUT2D eigenvalue weighted by molar-refractivity contribution is 5.92. The van der Waals surface area contributed by atoms with Crippen LogP contribution >= 0.6 is 12.4 Å². The number of ether oxygens (including phenoxy) is 1. The number of aliphatic hydroxyl groups is 1. The predicted octanol–water partition coefficient (Wildman–Crippen LogP) is 3.40. The van der Waals surface area contributed by atoms with E-state index in [4.69, 9.17) is 16.2 Å². The fraction of sp³-hybridized carbons (Fsp3) is 0.286. The topological polar surface area (TPSA) is 119 Å². The summed E-state index contributed by atoms with van der Waals surface area (Å²) in [5, 5.41) is 10.5. The Hall–Kier alpha value is -3.39. The van der Waals surface area contributed by atoms with Crippen LogP contribution in [0, 0.1) is 0 Å². The van der Waals surface area contributed by atoms with Crippen LogP contribution in [0.15, 0.2) is 84.9 Å². The van der Waals surface area contributed by atoms with Crippen molar-refractivity contribution in [1.82, 2.24) is 4.90 Å². The number of rotatable bonds is 12. The molecule has 8 heteroatoms. The molecule has 0 aliphatic heterocycles. The van der Waals surface area contributed by atoms with Crippen LogP contribution in [0.3, 0.4) is 0 Å². The van der Waals surface area contributed by atoms with E-state index in [0.717, 1.165) is 11.1 Å². The van der Waals surface area contributed by atoms with E-state index in [0.29, 0.717) is 30.7 Å². The predicted molar refractivity (Wildman–Crippen MR) is 143 cm³/mol. The summed E-state index contributed by atoms with van der Waals surface area (Å²) in [5.41, 5.74) is 13.8. The lowest BCUT2D eigenvalue weighted by molar-refractivity contribution is -0.144. The van der Waals surface area contributed by atoms with Crippen LogP contribution in [0.25, 0.3) is 0 Å². The molecule has 0 aliphatic rings. The summed E-state index contributed by atoms with van der Waals surface area (Å²) in [6.45, 7) is -0.0420. The Morgan fingerprint density at radius 2 is 1.42 bits per heavy atom. The number of hydrogen-bond acceptors (Lipinski definition) is 5. The second-order valence-electron chi connectivity index (χ2n) is 8.32. The minimum absolute atomic E-state index is 0. The van der Waals surface area contributed by atoms with E-state index < -0.39 is 23.9 Å². The molecular formula is C28H34ClN3O4. The molecule has 0 radical (unpaired) electrons.